The van der Waals surface area contributed by atoms with Crippen molar-refractivity contribution in [3.8, 4) is 11.1 Å². The van der Waals surface area contributed by atoms with E-state index >= 15 is 0 Å². The Morgan fingerprint density at radius 3 is 1.60 bits per heavy atom. The van der Waals surface area contributed by atoms with Gasteiger partial charge in [0, 0.05) is 0 Å². The third kappa shape index (κ3) is 4.97. The molecule has 234 valence electrons. The zero-order valence-corrected chi connectivity index (χ0v) is 29.2. The van der Waals surface area contributed by atoms with Crippen LogP contribution < -0.4 is 0 Å². The van der Waals surface area contributed by atoms with E-state index in [0.29, 0.717) is 0 Å². The predicted molar refractivity (Wildman–Crippen MR) is 203 cm³/mol. The molecule has 0 saturated carbocycles. The summed E-state index contributed by atoms with van der Waals surface area (Å²) in [5, 5.41) is 2.65. The molecule has 0 fully saturated rings. The Bertz CT molecular complexity index is 2070. The molecule has 47 heavy (non-hydrogen) atoms. The van der Waals surface area contributed by atoms with Crippen LogP contribution in [0.25, 0.3) is 27.5 Å². The summed E-state index contributed by atoms with van der Waals surface area (Å²) in [4.78, 5) is 0. The fraction of sp³-hybridized carbons (Fsp3) is 0.234. The molecule has 0 saturated heterocycles. The summed E-state index contributed by atoms with van der Waals surface area (Å²) < 4.78 is 0. The van der Waals surface area contributed by atoms with E-state index < -0.39 is 5.41 Å². The molecule has 0 N–H and O–H groups in total. The Morgan fingerprint density at radius 1 is 0.532 bits per heavy atom. The van der Waals surface area contributed by atoms with Gasteiger partial charge in [-0.1, -0.05) is 169 Å². The van der Waals surface area contributed by atoms with E-state index in [1.54, 1.807) is 0 Å². The van der Waals surface area contributed by atoms with Crippen molar-refractivity contribution in [3.63, 3.8) is 0 Å². The third-order valence-electron chi connectivity index (χ3n) is 10.4. The minimum absolute atomic E-state index is 0.0714. The van der Waals surface area contributed by atoms with Crippen LogP contribution in [0.1, 0.15) is 98.5 Å². The quantitative estimate of drug-likeness (QED) is 0.186. The van der Waals surface area contributed by atoms with E-state index in [2.05, 4.69) is 189 Å². The van der Waals surface area contributed by atoms with Crippen molar-refractivity contribution in [2.24, 2.45) is 0 Å². The minimum Gasteiger partial charge on any atom is -0.0792 e. The molecule has 0 nitrogen and oxygen atoms in total. The van der Waals surface area contributed by atoms with Crippen molar-refractivity contribution in [1.82, 2.24) is 0 Å². The normalized spacial score (nSPS) is 14.3. The largest absolute Gasteiger partial charge is 0.0792 e. The van der Waals surface area contributed by atoms with Crippen molar-refractivity contribution in [3.05, 3.63) is 184 Å². The van der Waals surface area contributed by atoms with Crippen LogP contribution in [0.4, 0.5) is 0 Å². The molecule has 0 aromatic heterocycles. The van der Waals surface area contributed by atoms with Crippen LogP contribution in [0, 0.1) is 6.92 Å². The maximum Gasteiger partial charge on any atom is 0.0714 e. The van der Waals surface area contributed by atoms with Gasteiger partial charge in [0.05, 0.1) is 5.41 Å². The zero-order valence-electron chi connectivity index (χ0n) is 29.2. The van der Waals surface area contributed by atoms with E-state index in [9.17, 15) is 0 Å². The van der Waals surface area contributed by atoms with Gasteiger partial charge in [0.15, 0.2) is 0 Å². The number of rotatable bonds is 4. The lowest BCUT2D eigenvalue weighted by Gasteiger charge is -2.35. The highest BCUT2D eigenvalue weighted by Crippen LogP contribution is 2.59. The molecule has 0 radical (unpaired) electrons. The van der Waals surface area contributed by atoms with Crippen molar-refractivity contribution >= 4 is 16.3 Å². The Morgan fingerprint density at radius 2 is 1.06 bits per heavy atom. The molecule has 1 aliphatic rings. The van der Waals surface area contributed by atoms with Crippen LogP contribution in [-0.2, 0) is 16.2 Å². The molecule has 6 aromatic rings. The second-order valence-corrected chi connectivity index (χ2v) is 15.4. The summed E-state index contributed by atoms with van der Waals surface area (Å²) in [7, 11) is 0. The van der Waals surface area contributed by atoms with Gasteiger partial charge >= 0.3 is 0 Å². The topological polar surface area (TPSA) is 0 Å². The van der Waals surface area contributed by atoms with Gasteiger partial charge in [-0.05, 0) is 108 Å². The predicted octanol–water partition coefficient (Wildman–Crippen LogP) is 12.6. The molecule has 0 bridgehead atoms. The summed E-state index contributed by atoms with van der Waals surface area (Å²) in [6, 6.07) is 48.5. The maximum absolute atomic E-state index is 2.50. The van der Waals surface area contributed by atoms with Crippen molar-refractivity contribution in [2.45, 2.75) is 71.6 Å². The molecule has 0 heterocycles. The fourth-order valence-corrected chi connectivity index (χ4v) is 7.87. The first-order valence-electron chi connectivity index (χ1n) is 17.1. The van der Waals surface area contributed by atoms with Crippen molar-refractivity contribution in [2.75, 3.05) is 0 Å². The second kappa shape index (κ2) is 11.2. The standard InChI is InChI=1S/C47H46/c1-9-38(32-15-11-10-12-16-32)33-19-28-41-42(30-33)47(36-24-20-34(21-25-36)45(3,4)5,37-26-22-35(23-27-37)46(6,7)8)43-29-31(2)39-17-13-14-18-40(39)44(41)43/h9-30H,1-8H3. The summed E-state index contributed by atoms with van der Waals surface area (Å²) in [6.45, 7) is 18.2. The summed E-state index contributed by atoms with van der Waals surface area (Å²) >= 11 is 0. The molecule has 0 spiro atoms. The molecule has 7 rings (SSSR count). The Balaban J connectivity index is 1.62. The summed E-state index contributed by atoms with van der Waals surface area (Å²) in [5.41, 5.74) is 15.4. The Kier molecular flexibility index (Phi) is 7.40. The highest BCUT2D eigenvalue weighted by Gasteiger charge is 2.47. The molecular weight excluding hydrogens is 565 g/mol. The number of aryl methyl sites for hydroxylation is 1. The highest BCUT2D eigenvalue weighted by molar-refractivity contribution is 6.05. The zero-order chi connectivity index (χ0) is 33.1. The van der Waals surface area contributed by atoms with Gasteiger partial charge in [-0.3, -0.25) is 0 Å². The molecule has 0 heteroatoms. The lowest BCUT2D eigenvalue weighted by Crippen LogP contribution is -2.29. The Hall–Kier alpha value is -4.68. The van der Waals surface area contributed by atoms with Crippen LogP contribution in [0.5, 0.6) is 0 Å². The van der Waals surface area contributed by atoms with E-state index in [0.717, 1.165) is 0 Å². The average Bonchev–Trinajstić information content (AvgIpc) is 3.35. The monoisotopic (exact) mass is 610 g/mol. The minimum atomic E-state index is -0.488. The van der Waals surface area contributed by atoms with Crippen LogP contribution >= 0.6 is 0 Å². The van der Waals surface area contributed by atoms with Crippen LogP contribution in [0.2, 0.25) is 0 Å². The molecule has 1 aliphatic carbocycles. The number of benzene rings is 6. The number of hydrogen-bond donors (Lipinski definition) is 0. The van der Waals surface area contributed by atoms with E-state index in [-0.39, 0.29) is 10.8 Å². The van der Waals surface area contributed by atoms with Gasteiger partial charge in [0.2, 0.25) is 0 Å². The van der Waals surface area contributed by atoms with Crippen LogP contribution in [0.3, 0.4) is 0 Å². The van der Waals surface area contributed by atoms with Gasteiger partial charge in [-0.25, -0.2) is 0 Å². The fourth-order valence-electron chi connectivity index (χ4n) is 7.87. The van der Waals surface area contributed by atoms with Gasteiger partial charge < -0.3 is 0 Å². The average molecular weight is 611 g/mol. The Labute approximate surface area is 281 Å². The molecule has 6 aromatic carbocycles. The first-order valence-corrected chi connectivity index (χ1v) is 17.1. The SMILES string of the molecule is CC=C(c1ccccc1)c1ccc2c(c1)C(c1ccc(C(C)(C)C)cc1)(c1ccc(C(C)(C)C)cc1)c1cc(C)c3ccccc3c1-2. The van der Waals surface area contributed by atoms with Gasteiger partial charge in [0.1, 0.15) is 0 Å². The van der Waals surface area contributed by atoms with Crippen molar-refractivity contribution < 1.29 is 0 Å². The van der Waals surface area contributed by atoms with Gasteiger partial charge in [0.25, 0.3) is 0 Å². The molecule has 0 unspecified atom stereocenters. The highest BCUT2D eigenvalue weighted by atomic mass is 14.5. The van der Waals surface area contributed by atoms with E-state index in [1.807, 2.05) is 0 Å². The van der Waals surface area contributed by atoms with Gasteiger partial charge in [-0.15, -0.1) is 0 Å². The first-order chi connectivity index (χ1) is 22.4. The van der Waals surface area contributed by atoms with Gasteiger partial charge in [-0.2, -0.15) is 0 Å². The van der Waals surface area contributed by atoms with Crippen LogP contribution in [-0.4, -0.2) is 0 Å². The first kappa shape index (κ1) is 30.9. The maximum atomic E-state index is 2.50. The molecule has 0 amide bonds. The smallest absolute Gasteiger partial charge is 0.0714 e. The van der Waals surface area contributed by atoms with E-state index in [4.69, 9.17) is 0 Å². The summed E-state index contributed by atoms with van der Waals surface area (Å²) in [6.07, 6.45) is 2.26. The summed E-state index contributed by atoms with van der Waals surface area (Å²) in [5.74, 6) is 0. The second-order valence-electron chi connectivity index (χ2n) is 15.4. The molecule has 0 aliphatic heterocycles. The third-order valence-corrected chi connectivity index (χ3v) is 10.4. The number of hydrogen-bond acceptors (Lipinski definition) is 0. The number of fused-ring (bicyclic) bond motifs is 5. The lowest BCUT2D eigenvalue weighted by atomic mass is 9.66. The van der Waals surface area contributed by atoms with E-state index in [1.165, 1.54) is 77.5 Å². The molecule has 0 atom stereocenters. The lowest BCUT2D eigenvalue weighted by molar-refractivity contribution is 0.588. The van der Waals surface area contributed by atoms with Crippen LogP contribution in [0.15, 0.2) is 133 Å². The number of allylic oxidation sites excluding steroid dienone is 1. The van der Waals surface area contributed by atoms with Crippen molar-refractivity contribution in [1.29, 1.82) is 0 Å². The molecular formula is C47H46.